The summed E-state index contributed by atoms with van der Waals surface area (Å²) < 4.78 is 8.45. The molecule has 10 nitrogen and oxygen atoms in total. The molecule has 0 aliphatic rings. The molecule has 0 unspecified atom stereocenters. The van der Waals surface area contributed by atoms with Crippen molar-refractivity contribution >= 4 is 23.0 Å². The van der Waals surface area contributed by atoms with Gasteiger partial charge in [-0.25, -0.2) is 9.78 Å². The molecule has 0 saturated carbocycles. The Morgan fingerprint density at radius 1 is 1.10 bits per heavy atom. The summed E-state index contributed by atoms with van der Waals surface area (Å²) in [5.41, 5.74) is 0.405. The lowest BCUT2D eigenvalue weighted by Crippen LogP contribution is -2.37. The summed E-state index contributed by atoms with van der Waals surface area (Å²) >= 11 is 0. The van der Waals surface area contributed by atoms with Crippen molar-refractivity contribution in [3.05, 3.63) is 63.1 Å². The number of benzene rings is 1. The largest absolute Gasteiger partial charge is 0.454 e. The lowest BCUT2D eigenvalue weighted by Gasteiger charge is -2.08. The smallest absolute Gasteiger partial charge is 0.332 e. The zero-order valence-electron chi connectivity index (χ0n) is 16.8. The number of ether oxygens (including phenoxy) is 1. The standard InChI is InChI=1S/C20H23N5O5/c1-23-18-17(19(28)24(2)20(23)29)25(13-22-18)11-16(27)30-12-15(26)21-10-6-9-14-7-4-3-5-8-14/h3-5,7-8,13H,6,9-12H2,1-2H3,(H,21,26). The Balaban J connectivity index is 1.49. The second-order valence-electron chi connectivity index (χ2n) is 6.85. The van der Waals surface area contributed by atoms with Gasteiger partial charge in [0, 0.05) is 20.6 Å². The van der Waals surface area contributed by atoms with Crippen LogP contribution >= 0.6 is 0 Å². The number of carbonyl (C=O) groups is 2. The number of fused-ring (bicyclic) bond motifs is 1. The minimum atomic E-state index is -0.690. The summed E-state index contributed by atoms with van der Waals surface area (Å²) in [6, 6.07) is 9.92. The van der Waals surface area contributed by atoms with Crippen LogP contribution in [0.15, 0.2) is 46.2 Å². The molecule has 10 heteroatoms. The molecule has 1 amide bonds. The molecular weight excluding hydrogens is 390 g/mol. The van der Waals surface area contributed by atoms with Gasteiger partial charge in [0.25, 0.3) is 11.5 Å². The molecule has 1 N–H and O–H groups in total. The van der Waals surface area contributed by atoms with Crippen LogP contribution in [0.25, 0.3) is 11.2 Å². The fourth-order valence-electron chi connectivity index (χ4n) is 3.06. The zero-order valence-corrected chi connectivity index (χ0v) is 16.8. The predicted octanol–water partition coefficient (Wildman–Crippen LogP) is -0.274. The van der Waals surface area contributed by atoms with Crippen molar-refractivity contribution in [2.24, 2.45) is 14.1 Å². The van der Waals surface area contributed by atoms with E-state index in [1.165, 1.54) is 35.1 Å². The number of carbonyl (C=O) groups excluding carboxylic acids is 2. The molecule has 0 radical (unpaired) electrons. The van der Waals surface area contributed by atoms with E-state index in [4.69, 9.17) is 4.74 Å². The van der Waals surface area contributed by atoms with E-state index in [0.717, 1.165) is 17.4 Å². The first-order chi connectivity index (χ1) is 14.4. The lowest BCUT2D eigenvalue weighted by atomic mass is 10.1. The molecule has 3 aromatic rings. The molecule has 0 aliphatic carbocycles. The van der Waals surface area contributed by atoms with E-state index in [2.05, 4.69) is 10.3 Å². The molecule has 0 bridgehead atoms. The molecule has 0 atom stereocenters. The van der Waals surface area contributed by atoms with E-state index < -0.39 is 29.7 Å². The molecule has 3 rings (SSSR count). The zero-order chi connectivity index (χ0) is 21.7. The van der Waals surface area contributed by atoms with Crippen molar-refractivity contribution in [1.82, 2.24) is 24.0 Å². The van der Waals surface area contributed by atoms with Crippen LogP contribution < -0.4 is 16.6 Å². The van der Waals surface area contributed by atoms with Gasteiger partial charge >= 0.3 is 11.7 Å². The number of aryl methyl sites for hydroxylation is 2. The number of nitrogens with one attached hydrogen (secondary N) is 1. The average molecular weight is 413 g/mol. The van der Waals surface area contributed by atoms with Gasteiger partial charge in [0.15, 0.2) is 17.8 Å². The molecular formula is C20H23N5O5. The van der Waals surface area contributed by atoms with Crippen LogP contribution in [0.5, 0.6) is 0 Å². The van der Waals surface area contributed by atoms with Crippen molar-refractivity contribution in [1.29, 1.82) is 0 Å². The molecule has 1 aromatic carbocycles. The maximum atomic E-state index is 12.4. The summed E-state index contributed by atoms with van der Waals surface area (Å²) in [5, 5.41) is 2.70. The Hall–Kier alpha value is -3.69. The highest BCUT2D eigenvalue weighted by Gasteiger charge is 2.17. The van der Waals surface area contributed by atoms with Crippen molar-refractivity contribution in [2.75, 3.05) is 13.2 Å². The molecule has 158 valence electrons. The van der Waals surface area contributed by atoms with Crippen molar-refractivity contribution in [2.45, 2.75) is 19.4 Å². The number of imidazole rings is 1. The lowest BCUT2D eigenvalue weighted by molar-refractivity contribution is -0.149. The van der Waals surface area contributed by atoms with Crippen molar-refractivity contribution in [3.8, 4) is 0 Å². The minimum Gasteiger partial charge on any atom is -0.454 e. The highest BCUT2D eigenvalue weighted by molar-refractivity contribution is 5.81. The normalized spacial score (nSPS) is 10.9. The number of rotatable bonds is 8. The van der Waals surface area contributed by atoms with Crippen LogP contribution in [-0.4, -0.2) is 43.7 Å². The van der Waals surface area contributed by atoms with Crippen LogP contribution in [0.2, 0.25) is 0 Å². The number of nitrogens with zero attached hydrogens (tertiary/aromatic N) is 4. The first kappa shape index (κ1) is 21.0. The van der Waals surface area contributed by atoms with Crippen LogP contribution in [0.1, 0.15) is 12.0 Å². The van der Waals surface area contributed by atoms with Crippen molar-refractivity contribution in [3.63, 3.8) is 0 Å². The van der Waals surface area contributed by atoms with Gasteiger partial charge < -0.3 is 14.6 Å². The van der Waals surface area contributed by atoms with Gasteiger partial charge in [-0.3, -0.25) is 23.5 Å². The van der Waals surface area contributed by atoms with Gasteiger partial charge in [0.05, 0.1) is 6.33 Å². The molecule has 0 aliphatic heterocycles. The van der Waals surface area contributed by atoms with Gasteiger partial charge in [-0.2, -0.15) is 0 Å². The Labute approximate surface area is 171 Å². The first-order valence-corrected chi connectivity index (χ1v) is 9.45. The summed E-state index contributed by atoms with van der Waals surface area (Å²) in [6.07, 6.45) is 2.90. The predicted molar refractivity (Wildman–Crippen MR) is 109 cm³/mol. The SMILES string of the molecule is Cn1c(=O)c2c(ncn2CC(=O)OCC(=O)NCCCc2ccccc2)n(C)c1=O. The Bertz CT molecular complexity index is 1180. The van der Waals surface area contributed by atoms with Gasteiger partial charge in [-0.05, 0) is 18.4 Å². The van der Waals surface area contributed by atoms with E-state index in [1.54, 1.807) is 0 Å². The fourth-order valence-corrected chi connectivity index (χ4v) is 3.06. The topological polar surface area (TPSA) is 117 Å². The minimum absolute atomic E-state index is 0.113. The Kier molecular flexibility index (Phi) is 6.45. The third-order valence-electron chi connectivity index (χ3n) is 4.69. The second kappa shape index (κ2) is 9.21. The molecule has 0 spiro atoms. The maximum absolute atomic E-state index is 12.4. The summed E-state index contributed by atoms with van der Waals surface area (Å²) in [7, 11) is 2.84. The summed E-state index contributed by atoms with van der Waals surface area (Å²) in [6.45, 7) is -0.236. The highest BCUT2D eigenvalue weighted by Crippen LogP contribution is 2.05. The summed E-state index contributed by atoms with van der Waals surface area (Å²) in [4.78, 5) is 52.3. The van der Waals surface area contributed by atoms with E-state index in [-0.39, 0.29) is 17.7 Å². The number of aromatic nitrogens is 4. The van der Waals surface area contributed by atoms with E-state index in [9.17, 15) is 19.2 Å². The van der Waals surface area contributed by atoms with Gasteiger partial charge in [0.2, 0.25) is 0 Å². The Morgan fingerprint density at radius 3 is 2.57 bits per heavy atom. The Morgan fingerprint density at radius 2 is 1.83 bits per heavy atom. The molecule has 2 heterocycles. The molecule has 2 aromatic heterocycles. The molecule has 0 fully saturated rings. The van der Waals surface area contributed by atoms with Gasteiger partial charge in [0.1, 0.15) is 6.54 Å². The average Bonchev–Trinajstić information content (AvgIpc) is 3.16. The second-order valence-corrected chi connectivity index (χ2v) is 6.85. The first-order valence-electron chi connectivity index (χ1n) is 9.45. The monoisotopic (exact) mass is 413 g/mol. The molecule has 30 heavy (non-hydrogen) atoms. The van der Waals surface area contributed by atoms with E-state index in [0.29, 0.717) is 6.54 Å². The van der Waals surface area contributed by atoms with Crippen LogP contribution in [0.3, 0.4) is 0 Å². The van der Waals surface area contributed by atoms with E-state index >= 15 is 0 Å². The van der Waals surface area contributed by atoms with Crippen LogP contribution in [0, 0.1) is 0 Å². The number of hydrogen-bond acceptors (Lipinski definition) is 6. The summed E-state index contributed by atoms with van der Waals surface area (Å²) in [5.74, 6) is -1.09. The quantitative estimate of drug-likeness (QED) is 0.401. The number of hydrogen-bond donors (Lipinski definition) is 1. The molecule has 0 saturated heterocycles. The highest BCUT2D eigenvalue weighted by atomic mass is 16.5. The van der Waals surface area contributed by atoms with Gasteiger partial charge in [-0.1, -0.05) is 30.3 Å². The number of esters is 1. The van der Waals surface area contributed by atoms with Gasteiger partial charge in [-0.15, -0.1) is 0 Å². The maximum Gasteiger partial charge on any atom is 0.332 e. The van der Waals surface area contributed by atoms with Crippen LogP contribution in [0.4, 0.5) is 0 Å². The van der Waals surface area contributed by atoms with Crippen LogP contribution in [-0.2, 0) is 41.4 Å². The van der Waals surface area contributed by atoms with E-state index in [1.807, 2.05) is 30.3 Å². The fraction of sp³-hybridized carbons (Fsp3) is 0.350. The van der Waals surface area contributed by atoms with Crippen molar-refractivity contribution < 1.29 is 14.3 Å². The third kappa shape index (κ3) is 4.65. The number of amides is 1. The third-order valence-corrected chi connectivity index (χ3v) is 4.69.